The van der Waals surface area contributed by atoms with Crippen molar-refractivity contribution in [2.24, 2.45) is 5.73 Å². The quantitative estimate of drug-likeness (QED) is 0.570. The Balaban J connectivity index is 2.16. The molecule has 1 atom stereocenters. The van der Waals surface area contributed by atoms with E-state index in [4.69, 9.17) is 5.73 Å². The molecule has 1 unspecified atom stereocenters. The van der Waals surface area contributed by atoms with Crippen LogP contribution in [-0.4, -0.2) is 19.1 Å². The lowest BCUT2D eigenvalue weighted by molar-refractivity contribution is 0.422. The van der Waals surface area contributed by atoms with Crippen LogP contribution in [0, 0.1) is 0 Å². The minimum Gasteiger partial charge on any atom is -0.329 e. The molecule has 60 valence electrons. The molecule has 0 aromatic heterocycles. The van der Waals surface area contributed by atoms with Crippen molar-refractivity contribution in [3.8, 4) is 0 Å². The van der Waals surface area contributed by atoms with Crippen LogP contribution < -0.4 is 11.1 Å². The fourth-order valence-electron chi connectivity index (χ4n) is 1.48. The van der Waals surface area contributed by atoms with Crippen molar-refractivity contribution in [1.29, 1.82) is 0 Å². The third-order valence-corrected chi connectivity index (χ3v) is 2.20. The minimum absolute atomic E-state index is 0.597. The molecule has 10 heavy (non-hydrogen) atoms. The molecule has 0 spiro atoms. The Labute approximate surface area is 63.2 Å². The minimum atomic E-state index is 0.597. The van der Waals surface area contributed by atoms with Gasteiger partial charge >= 0.3 is 0 Å². The van der Waals surface area contributed by atoms with Crippen molar-refractivity contribution in [3.05, 3.63) is 0 Å². The fraction of sp³-hybridized carbons (Fsp3) is 1.00. The van der Waals surface area contributed by atoms with Crippen LogP contribution in [0.25, 0.3) is 0 Å². The first kappa shape index (κ1) is 8.02. The molecule has 0 bridgehead atoms. The topological polar surface area (TPSA) is 38.0 Å². The molecular weight excluding hydrogens is 124 g/mol. The zero-order valence-corrected chi connectivity index (χ0v) is 6.60. The molecule has 1 rings (SSSR count). The Hall–Kier alpha value is -0.0800. The highest BCUT2D eigenvalue weighted by atomic mass is 14.9. The summed E-state index contributed by atoms with van der Waals surface area (Å²) in [7, 11) is 0. The van der Waals surface area contributed by atoms with Crippen molar-refractivity contribution in [3.63, 3.8) is 0 Å². The van der Waals surface area contributed by atoms with E-state index in [2.05, 4.69) is 5.32 Å². The highest BCUT2D eigenvalue weighted by molar-refractivity contribution is 4.69. The molecule has 0 saturated carbocycles. The van der Waals surface area contributed by atoms with Crippen LogP contribution in [0.1, 0.15) is 32.1 Å². The van der Waals surface area contributed by atoms with Gasteiger partial charge in [0.1, 0.15) is 0 Å². The molecule has 0 amide bonds. The lowest BCUT2D eigenvalue weighted by Gasteiger charge is -2.19. The van der Waals surface area contributed by atoms with Crippen molar-refractivity contribution < 1.29 is 0 Å². The Kier molecular flexibility index (Phi) is 3.76. The molecule has 1 saturated heterocycles. The van der Waals surface area contributed by atoms with E-state index in [-0.39, 0.29) is 0 Å². The molecule has 1 aliphatic heterocycles. The first-order chi connectivity index (χ1) is 4.93. The first-order valence-electron chi connectivity index (χ1n) is 4.37. The highest BCUT2D eigenvalue weighted by Gasteiger charge is 2.06. The van der Waals surface area contributed by atoms with Crippen molar-refractivity contribution in [2.75, 3.05) is 13.1 Å². The van der Waals surface area contributed by atoms with E-state index >= 15 is 0 Å². The van der Waals surface area contributed by atoms with Crippen molar-refractivity contribution in [1.82, 2.24) is 5.32 Å². The second-order valence-electron chi connectivity index (χ2n) is 3.09. The van der Waals surface area contributed by atoms with Crippen LogP contribution in [0.5, 0.6) is 0 Å². The normalized spacial score (nSPS) is 29.1. The van der Waals surface area contributed by atoms with Gasteiger partial charge in [0.25, 0.3) is 0 Å². The monoisotopic (exact) mass is 142 g/mol. The molecule has 3 N–H and O–H groups in total. The van der Waals surface area contributed by atoms with Gasteiger partial charge in [0, 0.05) is 12.6 Å². The van der Waals surface area contributed by atoms with Crippen LogP contribution in [-0.2, 0) is 0 Å². The maximum atomic E-state index is 5.56. The maximum Gasteiger partial charge on any atom is 0.0190 e. The molecule has 0 aromatic carbocycles. The third-order valence-electron chi connectivity index (χ3n) is 2.20. The predicted octanol–water partition coefficient (Wildman–Crippen LogP) is 0.867. The zero-order chi connectivity index (χ0) is 7.23. The van der Waals surface area contributed by atoms with Gasteiger partial charge in [-0.15, -0.1) is 0 Å². The molecule has 1 fully saturated rings. The highest BCUT2D eigenvalue weighted by Crippen LogP contribution is 2.08. The summed E-state index contributed by atoms with van der Waals surface area (Å²) in [4.78, 5) is 0. The van der Waals surface area contributed by atoms with E-state index in [1.54, 1.807) is 0 Å². The maximum absolute atomic E-state index is 5.56. The summed E-state index contributed by atoms with van der Waals surface area (Å²) in [6.07, 6.45) is 6.75. The number of rotatable bonds is 1. The van der Waals surface area contributed by atoms with Gasteiger partial charge in [-0.1, -0.05) is 19.3 Å². The van der Waals surface area contributed by atoms with Gasteiger partial charge < -0.3 is 11.1 Å². The van der Waals surface area contributed by atoms with Gasteiger partial charge in [0.05, 0.1) is 0 Å². The smallest absolute Gasteiger partial charge is 0.0190 e. The van der Waals surface area contributed by atoms with Gasteiger partial charge in [-0.2, -0.15) is 0 Å². The second kappa shape index (κ2) is 4.69. The Morgan fingerprint density at radius 2 is 2.00 bits per heavy atom. The summed E-state index contributed by atoms with van der Waals surface area (Å²) in [6.45, 7) is 1.97. The molecule has 0 aliphatic carbocycles. The summed E-state index contributed by atoms with van der Waals surface area (Å²) in [5, 5.41) is 3.45. The number of hydrogen-bond donors (Lipinski definition) is 2. The van der Waals surface area contributed by atoms with Crippen LogP contribution >= 0.6 is 0 Å². The van der Waals surface area contributed by atoms with E-state index in [1.165, 1.54) is 38.6 Å². The summed E-state index contributed by atoms with van der Waals surface area (Å²) in [6, 6.07) is 0.597. The largest absolute Gasteiger partial charge is 0.329 e. The van der Waals surface area contributed by atoms with Crippen LogP contribution in [0.3, 0.4) is 0 Å². The van der Waals surface area contributed by atoms with E-state index < -0.39 is 0 Å². The summed E-state index contributed by atoms with van der Waals surface area (Å²) in [5.41, 5.74) is 5.56. The Morgan fingerprint density at radius 1 is 1.20 bits per heavy atom. The number of nitrogens with one attached hydrogen (secondary N) is 1. The Morgan fingerprint density at radius 3 is 2.80 bits per heavy atom. The van der Waals surface area contributed by atoms with Gasteiger partial charge in [-0.3, -0.25) is 0 Å². The average molecular weight is 142 g/mol. The van der Waals surface area contributed by atoms with Crippen LogP contribution in [0.2, 0.25) is 0 Å². The summed E-state index contributed by atoms with van der Waals surface area (Å²) >= 11 is 0. The van der Waals surface area contributed by atoms with E-state index in [9.17, 15) is 0 Å². The van der Waals surface area contributed by atoms with Gasteiger partial charge in [0.2, 0.25) is 0 Å². The molecule has 2 nitrogen and oxygen atoms in total. The lowest BCUT2D eigenvalue weighted by atomic mass is 10.0. The average Bonchev–Trinajstić information content (AvgIpc) is 1.87. The van der Waals surface area contributed by atoms with E-state index in [0.717, 1.165) is 6.54 Å². The summed E-state index contributed by atoms with van der Waals surface area (Å²) < 4.78 is 0. The molecule has 2 heteroatoms. The molecular formula is C8H18N2. The third kappa shape index (κ3) is 2.67. The zero-order valence-electron chi connectivity index (χ0n) is 6.60. The molecule has 1 heterocycles. The van der Waals surface area contributed by atoms with Gasteiger partial charge in [0.15, 0.2) is 0 Å². The standard InChI is InChI=1S/C8H18N2/c9-7-8-5-3-1-2-4-6-10-8/h8,10H,1-7,9H2. The van der Waals surface area contributed by atoms with Crippen LogP contribution in [0.4, 0.5) is 0 Å². The lowest BCUT2D eigenvalue weighted by Crippen LogP contribution is -2.37. The Bertz CT molecular complexity index is 75.3. The summed E-state index contributed by atoms with van der Waals surface area (Å²) in [5.74, 6) is 0. The van der Waals surface area contributed by atoms with Crippen molar-refractivity contribution >= 4 is 0 Å². The molecule has 0 radical (unpaired) electrons. The van der Waals surface area contributed by atoms with Gasteiger partial charge in [-0.05, 0) is 19.4 Å². The predicted molar refractivity (Wildman–Crippen MR) is 43.9 cm³/mol. The second-order valence-corrected chi connectivity index (χ2v) is 3.09. The van der Waals surface area contributed by atoms with Gasteiger partial charge in [-0.25, -0.2) is 0 Å². The van der Waals surface area contributed by atoms with Crippen molar-refractivity contribution in [2.45, 2.75) is 38.1 Å². The fourth-order valence-corrected chi connectivity index (χ4v) is 1.48. The molecule has 0 aromatic rings. The SMILES string of the molecule is NCC1CCCCCCN1. The molecule has 1 aliphatic rings. The first-order valence-corrected chi connectivity index (χ1v) is 4.37. The van der Waals surface area contributed by atoms with E-state index in [0.29, 0.717) is 6.04 Å². The van der Waals surface area contributed by atoms with E-state index in [1.807, 2.05) is 0 Å². The van der Waals surface area contributed by atoms with Crippen LogP contribution in [0.15, 0.2) is 0 Å². The number of hydrogen-bond acceptors (Lipinski definition) is 2. The number of nitrogens with two attached hydrogens (primary N) is 1.